The summed E-state index contributed by atoms with van der Waals surface area (Å²) in [5.74, 6) is 0. The lowest BCUT2D eigenvalue weighted by atomic mass is 10.2. The first-order valence-electron chi connectivity index (χ1n) is 4.79. The van der Waals surface area contributed by atoms with E-state index in [-0.39, 0.29) is 6.04 Å². The zero-order valence-corrected chi connectivity index (χ0v) is 8.70. The Morgan fingerprint density at radius 2 is 2.00 bits per heavy atom. The van der Waals surface area contributed by atoms with Crippen molar-refractivity contribution in [1.82, 2.24) is 5.32 Å². The van der Waals surface area contributed by atoms with Gasteiger partial charge in [0, 0.05) is 6.04 Å². The molecule has 0 aromatic heterocycles. The third-order valence-electron chi connectivity index (χ3n) is 1.90. The third-order valence-corrected chi connectivity index (χ3v) is 1.90. The Balaban J connectivity index is 2.88. The van der Waals surface area contributed by atoms with Gasteiger partial charge in [-0.2, -0.15) is 0 Å². The van der Waals surface area contributed by atoms with E-state index in [2.05, 4.69) is 11.9 Å². The number of nitrogens with one attached hydrogen (secondary N) is 1. The third kappa shape index (κ3) is 3.32. The smallest absolute Gasteiger partial charge is 0.125 e. The molecule has 1 rings (SSSR count). The molecule has 2 N–H and O–H groups in total. The average molecular weight is 191 g/mol. The fourth-order valence-electron chi connectivity index (χ4n) is 1.26. The summed E-state index contributed by atoms with van der Waals surface area (Å²) >= 11 is 0. The molecule has 1 atom stereocenters. The summed E-state index contributed by atoms with van der Waals surface area (Å²) < 4.78 is 0. The molecule has 0 saturated heterocycles. The number of aliphatic hydroxyl groups is 1. The minimum atomic E-state index is -0.613. The van der Waals surface area contributed by atoms with Crippen LogP contribution in [0, 0.1) is 0 Å². The first-order chi connectivity index (χ1) is 6.59. The molecule has 14 heavy (non-hydrogen) atoms. The molecule has 2 nitrogen and oxygen atoms in total. The molecule has 0 saturated carbocycles. The first-order valence-corrected chi connectivity index (χ1v) is 4.79. The highest BCUT2D eigenvalue weighted by molar-refractivity contribution is 5.29. The molecule has 1 aromatic rings. The molecule has 0 radical (unpaired) electrons. The van der Waals surface area contributed by atoms with E-state index >= 15 is 0 Å². The highest BCUT2D eigenvalue weighted by Gasteiger charge is 1.99. The van der Waals surface area contributed by atoms with Crippen LogP contribution in [0.3, 0.4) is 0 Å². The van der Waals surface area contributed by atoms with Crippen molar-refractivity contribution in [2.24, 2.45) is 0 Å². The van der Waals surface area contributed by atoms with Crippen molar-refractivity contribution in [1.29, 1.82) is 0 Å². The zero-order valence-electron chi connectivity index (χ0n) is 8.70. The van der Waals surface area contributed by atoms with Crippen LogP contribution in [0.25, 0.3) is 12.7 Å². The van der Waals surface area contributed by atoms with Gasteiger partial charge in [-0.05, 0) is 30.4 Å². The Bertz CT molecular complexity index is 384. The van der Waals surface area contributed by atoms with Crippen molar-refractivity contribution >= 4 is 12.7 Å². The van der Waals surface area contributed by atoms with E-state index in [9.17, 15) is 5.11 Å². The van der Waals surface area contributed by atoms with Gasteiger partial charge in [0.05, 0.1) is 0 Å². The molecule has 0 heterocycles. The van der Waals surface area contributed by atoms with E-state index in [1.54, 1.807) is 6.08 Å². The highest BCUT2D eigenvalue weighted by Crippen LogP contribution is 1.83. The Hall–Kier alpha value is -1.12. The minimum Gasteiger partial charge on any atom is -0.375 e. The standard InChI is InChI=1S/C12H17NO/c1-9(2)13-12(14)8-11-7-5-4-6-10(11)3/h4-9,12-14H,3H2,1-2H3/b11-8-. The van der Waals surface area contributed by atoms with Gasteiger partial charge in [-0.3, -0.25) is 5.32 Å². The molecule has 76 valence electrons. The first kappa shape index (κ1) is 11.0. The number of hydrogen-bond acceptors (Lipinski definition) is 2. The van der Waals surface area contributed by atoms with Crippen LogP contribution in [0.2, 0.25) is 0 Å². The summed E-state index contributed by atoms with van der Waals surface area (Å²) in [6, 6.07) is 7.99. The molecular weight excluding hydrogens is 174 g/mol. The van der Waals surface area contributed by atoms with Crippen molar-refractivity contribution < 1.29 is 5.11 Å². The van der Waals surface area contributed by atoms with Crippen LogP contribution in [-0.2, 0) is 0 Å². The molecule has 2 heteroatoms. The molecule has 0 bridgehead atoms. The van der Waals surface area contributed by atoms with Crippen LogP contribution in [0.5, 0.6) is 0 Å². The van der Waals surface area contributed by atoms with Crippen molar-refractivity contribution in [3.05, 3.63) is 34.7 Å². The SMILES string of the molecule is C=c1cccc/c1=C/C(O)NC(C)C. The van der Waals surface area contributed by atoms with Crippen LogP contribution in [0.15, 0.2) is 24.3 Å². The van der Waals surface area contributed by atoms with Gasteiger partial charge in [-0.1, -0.05) is 30.8 Å². The van der Waals surface area contributed by atoms with E-state index in [0.29, 0.717) is 0 Å². The summed E-state index contributed by atoms with van der Waals surface area (Å²) in [5.41, 5.74) is 0. The second-order valence-corrected chi connectivity index (χ2v) is 3.63. The van der Waals surface area contributed by atoms with Crippen LogP contribution < -0.4 is 15.8 Å². The maximum absolute atomic E-state index is 9.60. The summed E-state index contributed by atoms with van der Waals surface area (Å²) in [6.07, 6.45) is 1.15. The quantitative estimate of drug-likeness (QED) is 0.669. The number of rotatable bonds is 3. The summed E-state index contributed by atoms with van der Waals surface area (Å²) in [5, 5.41) is 14.5. The monoisotopic (exact) mass is 191 g/mol. The summed E-state index contributed by atoms with van der Waals surface area (Å²) in [4.78, 5) is 0. The fraction of sp³-hybridized carbons (Fsp3) is 0.333. The maximum Gasteiger partial charge on any atom is 0.125 e. The summed E-state index contributed by atoms with van der Waals surface area (Å²) in [7, 11) is 0. The topological polar surface area (TPSA) is 32.3 Å². The van der Waals surface area contributed by atoms with Gasteiger partial charge in [0.15, 0.2) is 0 Å². The highest BCUT2D eigenvalue weighted by atomic mass is 16.3. The Morgan fingerprint density at radius 3 is 2.57 bits per heavy atom. The van der Waals surface area contributed by atoms with Gasteiger partial charge >= 0.3 is 0 Å². The lowest BCUT2D eigenvalue weighted by Crippen LogP contribution is -2.36. The molecule has 0 amide bonds. The van der Waals surface area contributed by atoms with Crippen molar-refractivity contribution in [2.75, 3.05) is 0 Å². The maximum atomic E-state index is 9.60. The number of aliphatic hydroxyl groups excluding tert-OH is 1. The van der Waals surface area contributed by atoms with Gasteiger partial charge in [0.2, 0.25) is 0 Å². The molecular formula is C12H17NO. The zero-order chi connectivity index (χ0) is 10.6. The van der Waals surface area contributed by atoms with E-state index in [4.69, 9.17) is 0 Å². The molecule has 1 aromatic carbocycles. The van der Waals surface area contributed by atoms with E-state index in [1.165, 1.54) is 0 Å². The lowest BCUT2D eigenvalue weighted by molar-refractivity contribution is 0.188. The van der Waals surface area contributed by atoms with Crippen LogP contribution in [0.1, 0.15) is 13.8 Å². The molecule has 0 aliphatic heterocycles. The fourth-order valence-corrected chi connectivity index (χ4v) is 1.26. The second-order valence-electron chi connectivity index (χ2n) is 3.63. The van der Waals surface area contributed by atoms with Crippen LogP contribution in [-0.4, -0.2) is 17.4 Å². The Labute approximate surface area is 84.6 Å². The summed E-state index contributed by atoms with van der Waals surface area (Å²) in [6.45, 7) is 7.87. The number of benzene rings is 1. The van der Waals surface area contributed by atoms with E-state index in [0.717, 1.165) is 10.4 Å². The Morgan fingerprint density at radius 1 is 1.36 bits per heavy atom. The van der Waals surface area contributed by atoms with Crippen molar-refractivity contribution in [3.63, 3.8) is 0 Å². The minimum absolute atomic E-state index is 0.262. The van der Waals surface area contributed by atoms with Gasteiger partial charge in [-0.15, -0.1) is 0 Å². The molecule has 0 aliphatic carbocycles. The Kier molecular flexibility index (Phi) is 3.86. The van der Waals surface area contributed by atoms with Crippen LogP contribution in [0.4, 0.5) is 0 Å². The van der Waals surface area contributed by atoms with Gasteiger partial charge in [0.1, 0.15) is 6.23 Å². The van der Waals surface area contributed by atoms with Gasteiger partial charge < -0.3 is 5.11 Å². The van der Waals surface area contributed by atoms with Gasteiger partial charge in [0.25, 0.3) is 0 Å². The van der Waals surface area contributed by atoms with Crippen molar-refractivity contribution in [2.45, 2.75) is 26.1 Å². The molecule has 1 unspecified atom stereocenters. The molecule has 0 fully saturated rings. The normalized spacial score (nSPS) is 14.7. The van der Waals surface area contributed by atoms with E-state index in [1.807, 2.05) is 38.1 Å². The molecule has 0 aliphatic rings. The lowest BCUT2D eigenvalue weighted by Gasteiger charge is -2.11. The largest absolute Gasteiger partial charge is 0.375 e. The van der Waals surface area contributed by atoms with Crippen LogP contribution >= 0.6 is 0 Å². The predicted octanol–water partition coefficient (Wildman–Crippen LogP) is 0.194. The van der Waals surface area contributed by atoms with Gasteiger partial charge in [-0.25, -0.2) is 0 Å². The second kappa shape index (κ2) is 4.94. The van der Waals surface area contributed by atoms with E-state index < -0.39 is 6.23 Å². The number of hydrogen-bond donors (Lipinski definition) is 2. The predicted molar refractivity (Wildman–Crippen MR) is 60.0 cm³/mol. The average Bonchev–Trinajstić information content (AvgIpc) is 2.07. The molecule has 0 spiro atoms. The van der Waals surface area contributed by atoms with Crippen molar-refractivity contribution in [3.8, 4) is 0 Å².